The van der Waals surface area contributed by atoms with E-state index < -0.39 is 54.6 Å². The first-order valence-corrected chi connectivity index (χ1v) is 8.34. The van der Waals surface area contributed by atoms with E-state index in [9.17, 15) is 30.0 Å². The molecule has 5 atom stereocenters. The molecule has 0 aromatic carbocycles. The maximum absolute atomic E-state index is 12.6. The zero-order valence-electron chi connectivity index (χ0n) is 15.3. The molecule has 146 valence electrons. The lowest BCUT2D eigenvalue weighted by molar-refractivity contribution is -0.138. The highest BCUT2D eigenvalue weighted by atomic mass is 16.6. The van der Waals surface area contributed by atoms with Crippen molar-refractivity contribution in [2.75, 3.05) is 13.1 Å². The van der Waals surface area contributed by atoms with Crippen molar-refractivity contribution in [1.82, 2.24) is 10.2 Å². The molecule has 0 aliphatic carbocycles. The van der Waals surface area contributed by atoms with Gasteiger partial charge in [-0.3, -0.25) is 9.69 Å². The maximum atomic E-state index is 12.6. The largest absolute Gasteiger partial charge is 0.444 e. The Morgan fingerprint density at radius 2 is 1.68 bits per heavy atom. The second kappa shape index (κ2) is 8.31. The third-order valence-electron chi connectivity index (χ3n) is 3.87. The Balaban J connectivity index is 3.20. The third kappa shape index (κ3) is 5.81. The SMILES string of the molecule is CC(C)C1C(=O)NC[C@@H](O)[C@@H](O)[C@H](O)[C@@H](O)CN1C(=O)OC(C)(C)C. The minimum absolute atomic E-state index is 0.321. The molecule has 0 saturated carbocycles. The smallest absolute Gasteiger partial charge is 0.411 e. The molecule has 1 fully saturated rings. The summed E-state index contributed by atoms with van der Waals surface area (Å²) in [5.74, 6) is -0.867. The van der Waals surface area contributed by atoms with Gasteiger partial charge in [0.15, 0.2) is 0 Å². The number of carbonyl (C=O) groups is 2. The van der Waals surface area contributed by atoms with E-state index in [0.717, 1.165) is 4.90 Å². The zero-order chi connectivity index (χ0) is 19.5. The molecular formula is C16H30N2O7. The first-order chi connectivity index (χ1) is 11.3. The molecule has 0 spiro atoms. The molecule has 1 aliphatic heterocycles. The molecule has 5 N–H and O–H groups in total. The van der Waals surface area contributed by atoms with Crippen LogP contribution in [-0.4, -0.2) is 86.5 Å². The van der Waals surface area contributed by atoms with Crippen molar-refractivity contribution < 1.29 is 34.8 Å². The summed E-state index contributed by atoms with van der Waals surface area (Å²) in [5, 5.41) is 42.3. The lowest BCUT2D eigenvalue weighted by Crippen LogP contribution is -2.61. The number of amides is 2. The van der Waals surface area contributed by atoms with Gasteiger partial charge in [-0.1, -0.05) is 13.8 Å². The highest BCUT2D eigenvalue weighted by Crippen LogP contribution is 2.19. The van der Waals surface area contributed by atoms with E-state index >= 15 is 0 Å². The number of aliphatic hydroxyl groups is 4. The Morgan fingerprint density at radius 1 is 1.16 bits per heavy atom. The molecule has 0 aromatic rings. The van der Waals surface area contributed by atoms with Gasteiger partial charge in [-0.2, -0.15) is 0 Å². The maximum Gasteiger partial charge on any atom is 0.411 e. The quantitative estimate of drug-likeness (QED) is 0.396. The summed E-state index contributed by atoms with van der Waals surface area (Å²) in [6, 6.07) is -0.973. The van der Waals surface area contributed by atoms with Crippen LogP contribution >= 0.6 is 0 Å². The van der Waals surface area contributed by atoms with Gasteiger partial charge >= 0.3 is 6.09 Å². The molecule has 9 nitrogen and oxygen atoms in total. The normalized spacial score (nSPS) is 32.3. The number of aliphatic hydroxyl groups excluding tert-OH is 4. The number of carbonyl (C=O) groups excluding carboxylic acids is 2. The van der Waals surface area contributed by atoms with Crippen LogP contribution in [0.4, 0.5) is 4.79 Å². The van der Waals surface area contributed by atoms with Crippen molar-refractivity contribution in [3.63, 3.8) is 0 Å². The fourth-order valence-electron chi connectivity index (χ4n) is 2.62. The van der Waals surface area contributed by atoms with E-state index in [1.165, 1.54) is 0 Å². The lowest BCUT2D eigenvalue weighted by atomic mass is 9.97. The number of rotatable bonds is 1. The predicted octanol–water partition coefficient (Wildman–Crippen LogP) is -1.18. The fraction of sp³-hybridized carbons (Fsp3) is 0.875. The van der Waals surface area contributed by atoms with Crippen molar-refractivity contribution in [1.29, 1.82) is 0 Å². The molecule has 25 heavy (non-hydrogen) atoms. The van der Waals surface area contributed by atoms with Gasteiger partial charge in [0, 0.05) is 6.54 Å². The van der Waals surface area contributed by atoms with Crippen LogP contribution < -0.4 is 5.32 Å². The van der Waals surface area contributed by atoms with Gasteiger partial charge in [0.05, 0.1) is 12.6 Å². The van der Waals surface area contributed by atoms with Gasteiger partial charge in [0.25, 0.3) is 0 Å². The minimum Gasteiger partial charge on any atom is -0.444 e. The molecule has 1 saturated heterocycles. The summed E-state index contributed by atoms with van der Waals surface area (Å²) < 4.78 is 5.31. The van der Waals surface area contributed by atoms with Crippen molar-refractivity contribution in [2.45, 2.75) is 70.7 Å². The fourth-order valence-corrected chi connectivity index (χ4v) is 2.62. The number of hydrogen-bond acceptors (Lipinski definition) is 7. The average molecular weight is 362 g/mol. The van der Waals surface area contributed by atoms with Crippen LogP contribution in [0.15, 0.2) is 0 Å². The number of β-amino-alcohol motifs (C(OH)–C–C–N with tert-alkyl or cyclic N) is 2. The van der Waals surface area contributed by atoms with E-state index in [-0.39, 0.29) is 12.5 Å². The topological polar surface area (TPSA) is 140 Å². The molecule has 2 amide bonds. The minimum atomic E-state index is -1.69. The molecule has 1 unspecified atom stereocenters. The summed E-state index contributed by atoms with van der Waals surface area (Å²) in [6.07, 6.45) is -7.20. The molecule has 9 heteroatoms. The zero-order valence-corrected chi connectivity index (χ0v) is 15.3. The van der Waals surface area contributed by atoms with Crippen molar-refractivity contribution in [3.05, 3.63) is 0 Å². The Hall–Kier alpha value is -1.42. The van der Waals surface area contributed by atoms with Crippen LogP contribution in [0.5, 0.6) is 0 Å². The summed E-state index contributed by atoms with van der Waals surface area (Å²) >= 11 is 0. The number of nitrogens with one attached hydrogen (secondary N) is 1. The van der Waals surface area contributed by atoms with Crippen LogP contribution in [0.1, 0.15) is 34.6 Å². The highest BCUT2D eigenvalue weighted by Gasteiger charge is 2.41. The molecular weight excluding hydrogens is 332 g/mol. The second-order valence-electron chi connectivity index (χ2n) is 7.68. The standard InChI is InChI=1S/C16H30N2O7/c1-8(2)11-14(23)17-6-9(19)12(21)13(22)10(20)7-18(11)15(24)25-16(3,4)5/h8-13,19-22H,6-7H2,1-5H3,(H,17,23)/t9-,10+,11?,12-,13-/m1/s1. The highest BCUT2D eigenvalue weighted by molar-refractivity contribution is 5.86. The summed E-state index contributed by atoms with van der Waals surface area (Å²) in [7, 11) is 0. The molecule has 1 rings (SSSR count). The van der Waals surface area contributed by atoms with Gasteiger partial charge in [0.1, 0.15) is 30.0 Å². The molecule has 0 radical (unpaired) electrons. The number of nitrogens with zero attached hydrogens (tertiary/aromatic N) is 1. The van der Waals surface area contributed by atoms with Crippen LogP contribution in [0, 0.1) is 5.92 Å². The summed E-state index contributed by atoms with van der Waals surface area (Å²) in [5.41, 5.74) is -0.816. The lowest BCUT2D eigenvalue weighted by Gasteiger charge is -2.38. The monoisotopic (exact) mass is 362 g/mol. The van der Waals surface area contributed by atoms with Crippen molar-refractivity contribution in [2.24, 2.45) is 5.92 Å². The first-order valence-electron chi connectivity index (χ1n) is 8.34. The van der Waals surface area contributed by atoms with Crippen LogP contribution in [0.2, 0.25) is 0 Å². The van der Waals surface area contributed by atoms with Gasteiger partial charge in [-0.05, 0) is 26.7 Å². The number of ether oxygens (including phenoxy) is 1. The Kier molecular flexibility index (Phi) is 7.18. The third-order valence-corrected chi connectivity index (χ3v) is 3.87. The predicted molar refractivity (Wildman–Crippen MR) is 88.6 cm³/mol. The molecule has 1 aliphatic rings. The van der Waals surface area contributed by atoms with E-state index in [1.54, 1.807) is 34.6 Å². The van der Waals surface area contributed by atoms with E-state index in [0.29, 0.717) is 0 Å². The summed E-state index contributed by atoms with van der Waals surface area (Å²) in [4.78, 5) is 26.1. The van der Waals surface area contributed by atoms with Crippen LogP contribution in [-0.2, 0) is 9.53 Å². The average Bonchev–Trinajstić information content (AvgIpc) is 2.47. The van der Waals surface area contributed by atoms with E-state index in [4.69, 9.17) is 4.74 Å². The van der Waals surface area contributed by atoms with Gasteiger partial charge in [-0.25, -0.2) is 4.79 Å². The van der Waals surface area contributed by atoms with Gasteiger partial charge in [0.2, 0.25) is 5.91 Å². The molecule has 0 bridgehead atoms. The molecule has 0 aromatic heterocycles. The Labute approximate surface area is 147 Å². The van der Waals surface area contributed by atoms with E-state index in [1.807, 2.05) is 0 Å². The van der Waals surface area contributed by atoms with Crippen LogP contribution in [0.25, 0.3) is 0 Å². The Morgan fingerprint density at radius 3 is 2.16 bits per heavy atom. The number of hydrogen-bond donors (Lipinski definition) is 5. The van der Waals surface area contributed by atoms with Gasteiger partial charge < -0.3 is 30.5 Å². The first kappa shape index (κ1) is 21.6. The van der Waals surface area contributed by atoms with Crippen LogP contribution in [0.3, 0.4) is 0 Å². The van der Waals surface area contributed by atoms with Gasteiger partial charge in [-0.15, -0.1) is 0 Å². The molecule has 1 heterocycles. The second-order valence-corrected chi connectivity index (χ2v) is 7.68. The van der Waals surface area contributed by atoms with Crippen molar-refractivity contribution >= 4 is 12.0 Å². The summed E-state index contributed by atoms with van der Waals surface area (Å²) in [6.45, 7) is 7.69. The van der Waals surface area contributed by atoms with Crippen molar-refractivity contribution in [3.8, 4) is 0 Å². The Bertz CT molecular complexity index is 478. The van der Waals surface area contributed by atoms with E-state index in [2.05, 4.69) is 5.32 Å².